The molecule has 45 heavy (non-hydrogen) atoms. The highest BCUT2D eigenvalue weighted by Gasteiger charge is 2.33. The molecule has 0 spiro atoms. The van der Waals surface area contributed by atoms with Gasteiger partial charge in [0.1, 0.15) is 17.3 Å². The van der Waals surface area contributed by atoms with E-state index >= 15 is 0 Å². The first-order chi connectivity index (χ1) is 21.4. The number of piperazine rings is 1. The highest BCUT2D eigenvalue weighted by molar-refractivity contribution is 5.96. The second-order valence-electron chi connectivity index (χ2n) is 12.5. The van der Waals surface area contributed by atoms with E-state index in [4.69, 9.17) is 14.5 Å². The third kappa shape index (κ3) is 9.46. The van der Waals surface area contributed by atoms with Gasteiger partial charge in [-0.3, -0.25) is 14.4 Å². The van der Waals surface area contributed by atoms with Crippen molar-refractivity contribution in [2.75, 3.05) is 32.8 Å². The van der Waals surface area contributed by atoms with Gasteiger partial charge in [-0.15, -0.1) is 0 Å². The molecule has 4 rings (SSSR count). The van der Waals surface area contributed by atoms with E-state index in [9.17, 15) is 24.3 Å². The number of aliphatic hydroxyl groups excluding tert-OH is 1. The number of aromatic nitrogens is 2. The Morgan fingerprint density at radius 3 is 2.31 bits per heavy atom. The topological polar surface area (TPSA) is 151 Å². The van der Waals surface area contributed by atoms with E-state index in [0.29, 0.717) is 17.9 Å². The molecule has 12 heteroatoms. The molecule has 1 aromatic heterocycles. The fraction of sp³-hybridized carbons (Fsp3) is 0.576. The number of ether oxygens (including phenoxy) is 2. The Labute approximate surface area is 264 Å². The molecule has 0 bridgehead atoms. The van der Waals surface area contributed by atoms with Crippen LogP contribution in [0.1, 0.15) is 88.3 Å². The summed E-state index contributed by atoms with van der Waals surface area (Å²) in [7, 11) is 0. The van der Waals surface area contributed by atoms with Crippen LogP contribution in [0.3, 0.4) is 0 Å². The van der Waals surface area contributed by atoms with Gasteiger partial charge in [-0.05, 0) is 53.0 Å². The second-order valence-corrected chi connectivity index (χ2v) is 12.5. The van der Waals surface area contributed by atoms with Crippen molar-refractivity contribution in [1.82, 2.24) is 25.1 Å². The van der Waals surface area contributed by atoms with Gasteiger partial charge in [0.15, 0.2) is 5.82 Å². The molecule has 12 nitrogen and oxygen atoms in total. The largest absolute Gasteiger partial charge is 0.460 e. The Morgan fingerprint density at radius 1 is 1.00 bits per heavy atom. The molecule has 1 aliphatic carbocycles. The Kier molecular flexibility index (Phi) is 11.5. The highest BCUT2D eigenvalue weighted by atomic mass is 16.6. The van der Waals surface area contributed by atoms with Crippen molar-refractivity contribution >= 4 is 23.9 Å². The number of esters is 1. The van der Waals surface area contributed by atoms with Crippen LogP contribution in [0.15, 0.2) is 36.4 Å². The minimum absolute atomic E-state index is 0.0163. The smallest absolute Gasteiger partial charge is 0.409 e. The van der Waals surface area contributed by atoms with Crippen LogP contribution >= 0.6 is 0 Å². The molecule has 2 fully saturated rings. The van der Waals surface area contributed by atoms with Gasteiger partial charge in [0.05, 0.1) is 18.4 Å². The maximum Gasteiger partial charge on any atom is 0.409 e. The number of nitrogens with one attached hydrogen (secondary N) is 1. The van der Waals surface area contributed by atoms with Crippen molar-refractivity contribution in [3.8, 4) is 11.4 Å². The normalized spacial score (nSPS) is 19.4. The number of benzene rings is 1. The Bertz CT molecular complexity index is 1340. The predicted octanol–water partition coefficient (Wildman–Crippen LogP) is 3.68. The zero-order valence-corrected chi connectivity index (χ0v) is 26.7. The second kappa shape index (κ2) is 15.3. The number of carbonyl (C=O) groups excluding carboxylic acids is 4. The van der Waals surface area contributed by atoms with Gasteiger partial charge in [-0.25, -0.2) is 14.8 Å². The molecule has 0 radical (unpaired) electrons. The van der Waals surface area contributed by atoms with Crippen molar-refractivity contribution in [2.45, 2.75) is 89.9 Å². The van der Waals surface area contributed by atoms with Gasteiger partial charge in [0.2, 0.25) is 5.91 Å². The molecule has 1 saturated carbocycles. The number of amides is 3. The van der Waals surface area contributed by atoms with Crippen molar-refractivity contribution in [3.05, 3.63) is 47.8 Å². The van der Waals surface area contributed by atoms with Gasteiger partial charge >= 0.3 is 12.1 Å². The van der Waals surface area contributed by atoms with Gasteiger partial charge in [0.25, 0.3) is 5.91 Å². The van der Waals surface area contributed by atoms with Crippen LogP contribution in [0, 0.1) is 0 Å². The number of aliphatic hydroxyl groups is 1. The fourth-order valence-corrected chi connectivity index (χ4v) is 5.63. The van der Waals surface area contributed by atoms with Gasteiger partial charge in [-0.1, -0.05) is 43.2 Å². The molecule has 2 aromatic rings. The van der Waals surface area contributed by atoms with Crippen LogP contribution in [-0.2, 0) is 19.1 Å². The van der Waals surface area contributed by atoms with E-state index < -0.39 is 35.7 Å². The van der Waals surface area contributed by atoms with E-state index in [2.05, 4.69) is 10.3 Å². The minimum Gasteiger partial charge on any atom is -0.460 e. The molecule has 3 atom stereocenters. The lowest BCUT2D eigenvalue weighted by molar-refractivity contribution is -0.155. The van der Waals surface area contributed by atoms with E-state index in [1.165, 1.54) is 4.90 Å². The van der Waals surface area contributed by atoms with Crippen molar-refractivity contribution in [3.63, 3.8) is 0 Å². The van der Waals surface area contributed by atoms with Gasteiger partial charge < -0.3 is 29.7 Å². The van der Waals surface area contributed by atoms with E-state index in [1.54, 1.807) is 38.7 Å². The van der Waals surface area contributed by atoms with Gasteiger partial charge in [0, 0.05) is 44.1 Å². The third-order valence-corrected chi connectivity index (χ3v) is 7.90. The summed E-state index contributed by atoms with van der Waals surface area (Å²) in [6, 6.07) is 9.83. The average molecular weight is 624 g/mol. The fourth-order valence-electron chi connectivity index (χ4n) is 5.63. The molecule has 2 heterocycles. The van der Waals surface area contributed by atoms with Crippen LogP contribution in [0.5, 0.6) is 0 Å². The summed E-state index contributed by atoms with van der Waals surface area (Å²) in [5, 5.41) is 13.6. The van der Waals surface area contributed by atoms with Crippen LogP contribution in [0.2, 0.25) is 0 Å². The zero-order chi connectivity index (χ0) is 32.6. The first-order valence-corrected chi connectivity index (χ1v) is 15.8. The first-order valence-electron chi connectivity index (χ1n) is 15.8. The molecule has 3 amide bonds. The zero-order valence-electron chi connectivity index (χ0n) is 26.7. The molecule has 1 aliphatic heterocycles. The van der Waals surface area contributed by atoms with E-state index in [1.807, 2.05) is 30.3 Å². The summed E-state index contributed by atoms with van der Waals surface area (Å²) < 4.78 is 10.5. The van der Waals surface area contributed by atoms with Crippen LogP contribution in [0.4, 0.5) is 4.79 Å². The van der Waals surface area contributed by atoms with E-state index in [-0.39, 0.29) is 63.1 Å². The number of rotatable bonds is 9. The lowest BCUT2D eigenvalue weighted by atomic mass is 9.84. The maximum atomic E-state index is 13.8. The molecule has 244 valence electrons. The van der Waals surface area contributed by atoms with Crippen LogP contribution in [0.25, 0.3) is 11.4 Å². The molecule has 1 aromatic carbocycles. The lowest BCUT2D eigenvalue weighted by Gasteiger charge is -2.36. The Morgan fingerprint density at radius 2 is 1.67 bits per heavy atom. The maximum absolute atomic E-state index is 13.8. The summed E-state index contributed by atoms with van der Waals surface area (Å²) in [5.74, 6) is -1.33. The summed E-state index contributed by atoms with van der Waals surface area (Å²) in [6.45, 7) is 8.37. The number of hydrogen-bond donors (Lipinski definition) is 2. The predicted molar refractivity (Wildman–Crippen MR) is 166 cm³/mol. The third-order valence-electron chi connectivity index (χ3n) is 7.90. The summed E-state index contributed by atoms with van der Waals surface area (Å²) in [4.78, 5) is 64.7. The Hall–Kier alpha value is -4.06. The molecular weight excluding hydrogens is 578 g/mol. The molecule has 2 aliphatic rings. The quantitative estimate of drug-likeness (QED) is 0.399. The summed E-state index contributed by atoms with van der Waals surface area (Å²) in [5.41, 5.74) is 0.667. The minimum atomic E-state index is -1.04. The van der Waals surface area contributed by atoms with Crippen molar-refractivity contribution < 1.29 is 33.8 Å². The van der Waals surface area contributed by atoms with Crippen molar-refractivity contribution in [2.24, 2.45) is 0 Å². The van der Waals surface area contributed by atoms with E-state index in [0.717, 1.165) is 24.8 Å². The lowest BCUT2D eigenvalue weighted by Crippen LogP contribution is -2.56. The molecule has 2 unspecified atom stereocenters. The summed E-state index contributed by atoms with van der Waals surface area (Å²) >= 11 is 0. The van der Waals surface area contributed by atoms with Crippen LogP contribution < -0.4 is 5.32 Å². The number of hydrogen-bond acceptors (Lipinski definition) is 9. The molecule has 2 N–H and O–H groups in total. The SMILES string of the molecule is CCOC(=O)N1CCN(C(=O)C(CCC(=O)OC(C)(C)C)NC(=O)c2cc(C3CCCC[C@@H]3O)nc(-c3ccccc3)n2)CC1. The summed E-state index contributed by atoms with van der Waals surface area (Å²) in [6.07, 6.45) is 2.18. The monoisotopic (exact) mass is 623 g/mol. The van der Waals surface area contributed by atoms with Crippen molar-refractivity contribution in [1.29, 1.82) is 0 Å². The average Bonchev–Trinajstić information content (AvgIpc) is 3.02. The number of carbonyl (C=O) groups is 4. The number of nitrogens with zero attached hydrogens (tertiary/aromatic N) is 4. The first kappa shape index (κ1) is 33.8. The molecular formula is C33H45N5O7. The molecule has 1 saturated heterocycles. The standard InChI is InChI=1S/C33H45N5O7/c1-5-44-32(43)38-19-17-37(18-20-38)31(42)24(15-16-28(40)45-33(2,3)4)36-30(41)26-21-25(23-13-9-10-14-27(23)39)34-29(35-26)22-11-7-6-8-12-22/h6-8,11-12,21,23-24,27,39H,5,9-10,13-20H2,1-4H3,(H,36,41)/t23?,24?,27-/m0/s1. The van der Waals surface area contributed by atoms with Gasteiger partial charge in [-0.2, -0.15) is 0 Å². The highest BCUT2D eigenvalue weighted by Crippen LogP contribution is 2.33. The Balaban J connectivity index is 1.58. The van der Waals surface area contributed by atoms with Crippen LogP contribution in [-0.4, -0.2) is 99.3 Å².